The Morgan fingerprint density at radius 2 is 1.96 bits per heavy atom. The van der Waals surface area contributed by atoms with E-state index in [9.17, 15) is 4.79 Å². The molecule has 1 amide bonds. The van der Waals surface area contributed by atoms with E-state index >= 15 is 0 Å². The van der Waals surface area contributed by atoms with Crippen LogP contribution in [-0.4, -0.2) is 10.9 Å². The van der Waals surface area contributed by atoms with Crippen LogP contribution >= 0.6 is 34.5 Å². The topological polar surface area (TPSA) is 42.0 Å². The van der Waals surface area contributed by atoms with E-state index in [1.54, 1.807) is 0 Å². The Kier molecular flexibility index (Phi) is 4.21. The summed E-state index contributed by atoms with van der Waals surface area (Å²) in [5.41, 5.74) is 2.92. The maximum absolute atomic E-state index is 11.9. The molecule has 2 aromatic carbocycles. The number of nitrogens with one attached hydrogen (secondary N) is 1. The van der Waals surface area contributed by atoms with E-state index in [4.69, 9.17) is 23.2 Å². The van der Waals surface area contributed by atoms with E-state index in [2.05, 4.69) is 16.4 Å². The summed E-state index contributed by atoms with van der Waals surface area (Å²) in [6.07, 6.45) is 2.63. The molecule has 0 bridgehead atoms. The molecule has 0 aliphatic heterocycles. The summed E-state index contributed by atoms with van der Waals surface area (Å²) >= 11 is 14.0. The van der Waals surface area contributed by atoms with Crippen molar-refractivity contribution in [2.75, 3.05) is 5.32 Å². The van der Waals surface area contributed by atoms with E-state index < -0.39 is 0 Å². The number of benzene rings is 2. The van der Waals surface area contributed by atoms with Crippen molar-refractivity contribution >= 4 is 55.8 Å². The Labute approximate surface area is 153 Å². The molecule has 3 nitrogen and oxygen atoms in total. The fourth-order valence-corrected chi connectivity index (χ4v) is 4.05. The smallest absolute Gasteiger partial charge is 0.229 e. The van der Waals surface area contributed by atoms with Gasteiger partial charge >= 0.3 is 0 Å². The lowest BCUT2D eigenvalue weighted by Gasteiger charge is -2.06. The van der Waals surface area contributed by atoms with Crippen LogP contribution < -0.4 is 5.32 Å². The molecule has 6 heteroatoms. The van der Waals surface area contributed by atoms with Crippen LogP contribution in [-0.2, 0) is 11.2 Å². The molecule has 1 heterocycles. The van der Waals surface area contributed by atoms with Gasteiger partial charge in [0.2, 0.25) is 5.91 Å². The lowest BCUT2D eigenvalue weighted by atomic mass is 10.0. The number of carbonyl (C=O) groups is 1. The largest absolute Gasteiger partial charge is 0.302 e. The van der Waals surface area contributed by atoms with Gasteiger partial charge in [0.15, 0.2) is 5.13 Å². The number of aromatic nitrogens is 1. The minimum absolute atomic E-state index is 0.0807. The highest BCUT2D eigenvalue weighted by molar-refractivity contribution is 7.22. The standard InChI is InChI=1S/C18H14Cl2N2OS/c19-13-2-1-3-14(20)12(13)8-10-4-7-15-16(9-10)24-18(21-15)22-17(23)11-5-6-11/h1-4,7,9,11H,5-6,8H2,(H,21,22,23). The predicted molar refractivity (Wildman–Crippen MR) is 100 cm³/mol. The molecule has 0 atom stereocenters. The van der Waals surface area contributed by atoms with Crippen LogP contribution in [0.5, 0.6) is 0 Å². The third-order valence-electron chi connectivity index (χ3n) is 4.07. The maximum Gasteiger partial charge on any atom is 0.229 e. The predicted octanol–water partition coefficient (Wildman–Crippen LogP) is 5.54. The zero-order valence-electron chi connectivity index (χ0n) is 12.7. The van der Waals surface area contributed by atoms with Gasteiger partial charge in [-0.15, -0.1) is 0 Å². The normalized spacial score (nSPS) is 14.1. The first-order valence-electron chi connectivity index (χ1n) is 7.73. The molecule has 1 aromatic heterocycles. The summed E-state index contributed by atoms with van der Waals surface area (Å²) in [7, 11) is 0. The summed E-state index contributed by atoms with van der Waals surface area (Å²) in [4.78, 5) is 16.3. The number of carbonyl (C=O) groups excluding carboxylic acids is 1. The minimum Gasteiger partial charge on any atom is -0.302 e. The van der Waals surface area contributed by atoms with Gasteiger partial charge < -0.3 is 5.32 Å². The number of rotatable bonds is 4. The van der Waals surface area contributed by atoms with E-state index in [1.807, 2.05) is 30.3 Å². The molecular formula is C18H14Cl2N2OS. The molecule has 1 aliphatic rings. The van der Waals surface area contributed by atoms with E-state index in [1.165, 1.54) is 11.3 Å². The van der Waals surface area contributed by atoms with Crippen molar-refractivity contribution < 1.29 is 4.79 Å². The molecule has 24 heavy (non-hydrogen) atoms. The van der Waals surface area contributed by atoms with Crippen molar-refractivity contribution in [2.24, 2.45) is 5.92 Å². The highest BCUT2D eigenvalue weighted by Crippen LogP contribution is 2.33. The van der Waals surface area contributed by atoms with Gasteiger partial charge in [-0.2, -0.15) is 0 Å². The fourth-order valence-electron chi connectivity index (χ4n) is 2.59. The average Bonchev–Trinajstić information content (AvgIpc) is 3.32. The highest BCUT2D eigenvalue weighted by atomic mass is 35.5. The lowest BCUT2D eigenvalue weighted by Crippen LogP contribution is -2.12. The van der Waals surface area contributed by atoms with Gasteiger partial charge in [0, 0.05) is 22.4 Å². The van der Waals surface area contributed by atoms with E-state index in [0.29, 0.717) is 21.6 Å². The summed E-state index contributed by atoms with van der Waals surface area (Å²) in [6.45, 7) is 0. The monoisotopic (exact) mass is 376 g/mol. The zero-order chi connectivity index (χ0) is 16.7. The molecule has 122 valence electrons. The average molecular weight is 377 g/mol. The van der Waals surface area contributed by atoms with Gasteiger partial charge in [0.05, 0.1) is 10.2 Å². The molecule has 1 aliphatic carbocycles. The van der Waals surface area contributed by atoms with Crippen LogP contribution in [0.25, 0.3) is 10.2 Å². The highest BCUT2D eigenvalue weighted by Gasteiger charge is 2.30. The number of fused-ring (bicyclic) bond motifs is 1. The molecular weight excluding hydrogens is 363 g/mol. The number of nitrogens with zero attached hydrogens (tertiary/aromatic N) is 1. The van der Waals surface area contributed by atoms with Crippen molar-refractivity contribution in [3.63, 3.8) is 0 Å². The molecule has 4 rings (SSSR count). The number of thiazole rings is 1. The van der Waals surface area contributed by atoms with Crippen molar-refractivity contribution in [3.05, 3.63) is 57.6 Å². The molecule has 1 fully saturated rings. The first kappa shape index (κ1) is 15.9. The first-order chi connectivity index (χ1) is 11.6. The second-order valence-corrected chi connectivity index (χ2v) is 7.81. The van der Waals surface area contributed by atoms with Crippen LogP contribution in [0.2, 0.25) is 10.0 Å². The zero-order valence-corrected chi connectivity index (χ0v) is 15.0. The summed E-state index contributed by atoms with van der Waals surface area (Å²) in [6, 6.07) is 11.6. The first-order valence-corrected chi connectivity index (χ1v) is 9.30. The Morgan fingerprint density at radius 1 is 1.21 bits per heavy atom. The second kappa shape index (κ2) is 6.36. The lowest BCUT2D eigenvalue weighted by molar-refractivity contribution is -0.117. The van der Waals surface area contributed by atoms with Crippen LogP contribution in [0.3, 0.4) is 0 Å². The fraction of sp³-hybridized carbons (Fsp3) is 0.222. The van der Waals surface area contributed by atoms with Crippen LogP contribution in [0.1, 0.15) is 24.0 Å². The molecule has 0 saturated heterocycles. The van der Waals surface area contributed by atoms with Crippen LogP contribution in [0.4, 0.5) is 5.13 Å². The van der Waals surface area contributed by atoms with Crippen LogP contribution in [0.15, 0.2) is 36.4 Å². The van der Waals surface area contributed by atoms with Gasteiger partial charge in [-0.3, -0.25) is 4.79 Å². The number of hydrogen-bond donors (Lipinski definition) is 1. The summed E-state index contributed by atoms with van der Waals surface area (Å²) in [5.74, 6) is 0.257. The van der Waals surface area contributed by atoms with Gasteiger partial charge in [0.1, 0.15) is 0 Å². The number of amides is 1. The van der Waals surface area contributed by atoms with Crippen molar-refractivity contribution in [1.82, 2.24) is 4.98 Å². The van der Waals surface area contributed by atoms with E-state index in [0.717, 1.165) is 34.2 Å². The Bertz CT molecular complexity index is 914. The molecule has 0 unspecified atom stereocenters. The molecule has 0 radical (unpaired) electrons. The number of anilines is 1. The minimum atomic E-state index is 0.0807. The molecule has 1 saturated carbocycles. The van der Waals surface area contributed by atoms with Gasteiger partial charge in [-0.1, -0.05) is 46.7 Å². The second-order valence-electron chi connectivity index (χ2n) is 5.96. The summed E-state index contributed by atoms with van der Waals surface area (Å²) in [5, 5.41) is 4.91. The van der Waals surface area contributed by atoms with Crippen LogP contribution in [0, 0.1) is 5.92 Å². The molecule has 0 spiro atoms. The molecule has 1 N–H and O–H groups in total. The third kappa shape index (κ3) is 3.27. The van der Waals surface area contributed by atoms with Gasteiger partial charge in [-0.05, 0) is 48.2 Å². The van der Waals surface area contributed by atoms with E-state index in [-0.39, 0.29) is 11.8 Å². The number of halogens is 2. The van der Waals surface area contributed by atoms with Gasteiger partial charge in [-0.25, -0.2) is 4.98 Å². The third-order valence-corrected chi connectivity index (χ3v) is 5.72. The maximum atomic E-state index is 11.9. The van der Waals surface area contributed by atoms with Crippen molar-refractivity contribution in [3.8, 4) is 0 Å². The Hall–Kier alpha value is -1.62. The van der Waals surface area contributed by atoms with Crippen molar-refractivity contribution in [1.29, 1.82) is 0 Å². The summed E-state index contributed by atoms with van der Waals surface area (Å²) < 4.78 is 1.04. The quantitative estimate of drug-likeness (QED) is 0.648. The SMILES string of the molecule is O=C(Nc1nc2ccc(Cc3c(Cl)cccc3Cl)cc2s1)C1CC1. The molecule has 3 aromatic rings. The Balaban J connectivity index is 1.59. The van der Waals surface area contributed by atoms with Crippen molar-refractivity contribution in [2.45, 2.75) is 19.3 Å². The Morgan fingerprint density at radius 3 is 2.67 bits per heavy atom. The van der Waals surface area contributed by atoms with Gasteiger partial charge in [0.25, 0.3) is 0 Å². The number of hydrogen-bond acceptors (Lipinski definition) is 3.